The van der Waals surface area contributed by atoms with Crippen LogP contribution in [0.3, 0.4) is 0 Å². The number of nitrogens with zero attached hydrogens (tertiary/aromatic N) is 2. The minimum absolute atomic E-state index is 0. The summed E-state index contributed by atoms with van der Waals surface area (Å²) in [6.45, 7) is 5.78. The molecule has 7 nitrogen and oxygen atoms in total. The first kappa shape index (κ1) is 22.5. The van der Waals surface area contributed by atoms with Crippen LogP contribution in [-0.4, -0.2) is 73.6 Å². The fourth-order valence-corrected chi connectivity index (χ4v) is 3.80. The number of amides is 3. The van der Waals surface area contributed by atoms with E-state index in [-0.39, 0.29) is 24.3 Å². The topological polar surface area (TPSA) is 76.7 Å². The van der Waals surface area contributed by atoms with E-state index in [0.29, 0.717) is 19.0 Å². The van der Waals surface area contributed by atoms with Gasteiger partial charge in [0.2, 0.25) is 5.91 Å². The molecule has 1 aromatic rings. The van der Waals surface area contributed by atoms with Gasteiger partial charge in [0.1, 0.15) is 0 Å². The second-order valence-corrected chi connectivity index (χ2v) is 7.27. The van der Waals surface area contributed by atoms with Crippen LogP contribution in [0.2, 0.25) is 0 Å². The standard InChI is InChI=1S/C20H31N5O2.ClH/c26-19(25-14-10-21-11-15-25)9-13-24-12-5-4-8-18(24)16-22-20(27)23-17-6-2-1-3-7-17;/h1-3,6-7,18,21H,4-5,8-16H2,(H2,22,23,27);1H. The van der Waals surface area contributed by atoms with Gasteiger partial charge >= 0.3 is 6.03 Å². The smallest absolute Gasteiger partial charge is 0.319 e. The Balaban J connectivity index is 0.00000280. The number of piperidine rings is 1. The molecule has 0 aliphatic carbocycles. The van der Waals surface area contributed by atoms with Crippen LogP contribution in [0.25, 0.3) is 0 Å². The maximum absolute atomic E-state index is 12.4. The molecule has 0 saturated carbocycles. The predicted molar refractivity (Wildman–Crippen MR) is 114 cm³/mol. The molecule has 8 heteroatoms. The third-order valence-electron chi connectivity index (χ3n) is 5.36. The van der Waals surface area contributed by atoms with Crippen molar-refractivity contribution in [3.05, 3.63) is 30.3 Å². The summed E-state index contributed by atoms with van der Waals surface area (Å²) in [4.78, 5) is 28.9. The van der Waals surface area contributed by atoms with Crippen molar-refractivity contribution in [1.82, 2.24) is 20.4 Å². The van der Waals surface area contributed by atoms with Crippen molar-refractivity contribution in [1.29, 1.82) is 0 Å². The number of likely N-dealkylation sites (tertiary alicyclic amines) is 1. The van der Waals surface area contributed by atoms with Gasteiger partial charge in [-0.3, -0.25) is 9.69 Å². The monoisotopic (exact) mass is 409 g/mol. The Morgan fingerprint density at radius 1 is 1.07 bits per heavy atom. The van der Waals surface area contributed by atoms with Gasteiger partial charge < -0.3 is 20.9 Å². The number of urea groups is 1. The van der Waals surface area contributed by atoms with Crippen LogP contribution in [-0.2, 0) is 4.79 Å². The van der Waals surface area contributed by atoms with E-state index in [9.17, 15) is 9.59 Å². The van der Waals surface area contributed by atoms with E-state index in [1.165, 1.54) is 6.42 Å². The molecule has 3 rings (SSSR count). The minimum atomic E-state index is -0.177. The maximum Gasteiger partial charge on any atom is 0.319 e. The molecule has 2 aliphatic rings. The summed E-state index contributed by atoms with van der Waals surface area (Å²) in [6.07, 6.45) is 3.96. The molecule has 0 spiro atoms. The Kier molecular flexibility index (Phi) is 9.54. The molecule has 2 heterocycles. The lowest BCUT2D eigenvalue weighted by atomic mass is 10.0. The number of benzene rings is 1. The number of carbonyl (C=O) groups excluding carboxylic acids is 2. The normalized spacial score (nSPS) is 20.1. The van der Waals surface area contributed by atoms with Gasteiger partial charge in [0, 0.05) is 57.4 Å². The zero-order valence-corrected chi connectivity index (χ0v) is 17.2. The largest absolute Gasteiger partial charge is 0.340 e. The first-order valence-electron chi connectivity index (χ1n) is 10.0. The predicted octanol–water partition coefficient (Wildman–Crippen LogP) is 1.91. The summed E-state index contributed by atoms with van der Waals surface area (Å²) in [5, 5.41) is 9.12. The van der Waals surface area contributed by atoms with Crippen molar-refractivity contribution in [2.75, 3.05) is 51.1 Å². The molecule has 2 saturated heterocycles. The molecule has 156 valence electrons. The number of piperazine rings is 1. The van der Waals surface area contributed by atoms with E-state index in [0.717, 1.165) is 57.8 Å². The van der Waals surface area contributed by atoms with E-state index in [1.54, 1.807) is 0 Å². The van der Waals surface area contributed by atoms with Crippen LogP contribution < -0.4 is 16.0 Å². The van der Waals surface area contributed by atoms with Gasteiger partial charge in [-0.2, -0.15) is 0 Å². The average Bonchev–Trinajstić information content (AvgIpc) is 2.72. The third-order valence-corrected chi connectivity index (χ3v) is 5.36. The van der Waals surface area contributed by atoms with Gasteiger partial charge in [-0.1, -0.05) is 24.6 Å². The highest BCUT2D eigenvalue weighted by molar-refractivity contribution is 5.89. The lowest BCUT2D eigenvalue weighted by Crippen LogP contribution is -2.50. The van der Waals surface area contributed by atoms with Gasteiger partial charge in [-0.25, -0.2) is 4.79 Å². The van der Waals surface area contributed by atoms with Crippen LogP contribution in [0.5, 0.6) is 0 Å². The number of carbonyl (C=O) groups is 2. The van der Waals surface area contributed by atoms with Crippen molar-refractivity contribution < 1.29 is 9.59 Å². The van der Waals surface area contributed by atoms with Crippen molar-refractivity contribution in [3.8, 4) is 0 Å². The summed E-state index contributed by atoms with van der Waals surface area (Å²) in [6, 6.07) is 9.58. The molecule has 28 heavy (non-hydrogen) atoms. The number of hydrogen-bond donors (Lipinski definition) is 3. The Labute approximate surface area is 173 Å². The summed E-state index contributed by atoms with van der Waals surface area (Å²) >= 11 is 0. The highest BCUT2D eigenvalue weighted by atomic mass is 35.5. The molecule has 0 bridgehead atoms. The van der Waals surface area contributed by atoms with E-state index < -0.39 is 0 Å². The van der Waals surface area contributed by atoms with Crippen molar-refractivity contribution in [2.45, 2.75) is 31.7 Å². The van der Waals surface area contributed by atoms with Crippen LogP contribution in [0.15, 0.2) is 30.3 Å². The van der Waals surface area contributed by atoms with Crippen LogP contribution in [0.4, 0.5) is 10.5 Å². The summed E-state index contributed by atoms with van der Waals surface area (Å²) < 4.78 is 0. The van der Waals surface area contributed by atoms with Crippen molar-refractivity contribution in [3.63, 3.8) is 0 Å². The molecule has 2 fully saturated rings. The maximum atomic E-state index is 12.4. The SMILES string of the molecule is Cl.O=C(NCC1CCCCN1CCC(=O)N1CCNCC1)Nc1ccccc1. The van der Waals surface area contributed by atoms with Gasteiger partial charge in [0.25, 0.3) is 0 Å². The number of hydrogen-bond acceptors (Lipinski definition) is 4. The zero-order valence-electron chi connectivity index (χ0n) is 16.4. The lowest BCUT2D eigenvalue weighted by molar-refractivity contribution is -0.132. The van der Waals surface area contributed by atoms with Crippen molar-refractivity contribution in [2.24, 2.45) is 0 Å². The zero-order chi connectivity index (χ0) is 18.9. The van der Waals surface area contributed by atoms with Crippen molar-refractivity contribution >= 4 is 30.0 Å². The first-order chi connectivity index (χ1) is 13.2. The molecule has 2 aliphatic heterocycles. The highest BCUT2D eigenvalue weighted by Crippen LogP contribution is 2.17. The van der Waals surface area contributed by atoms with Gasteiger partial charge in [0.15, 0.2) is 0 Å². The summed E-state index contributed by atoms with van der Waals surface area (Å²) in [5.41, 5.74) is 0.789. The molecule has 1 aromatic carbocycles. The number of para-hydroxylation sites is 1. The average molecular weight is 410 g/mol. The summed E-state index contributed by atoms with van der Waals surface area (Å²) in [7, 11) is 0. The molecule has 3 N–H and O–H groups in total. The molecule has 1 atom stereocenters. The van der Waals surface area contributed by atoms with Gasteiger partial charge in [0.05, 0.1) is 0 Å². The third kappa shape index (κ3) is 6.96. The lowest BCUT2D eigenvalue weighted by Gasteiger charge is -2.36. The Bertz CT molecular complexity index is 610. The van der Waals surface area contributed by atoms with Gasteiger partial charge in [-0.15, -0.1) is 12.4 Å². The molecule has 0 aromatic heterocycles. The second-order valence-electron chi connectivity index (χ2n) is 7.27. The van der Waals surface area contributed by atoms with Crippen LogP contribution in [0.1, 0.15) is 25.7 Å². The van der Waals surface area contributed by atoms with Crippen LogP contribution >= 0.6 is 12.4 Å². The number of halogens is 1. The molecule has 1 unspecified atom stereocenters. The Morgan fingerprint density at radius 2 is 1.82 bits per heavy atom. The van der Waals surface area contributed by atoms with E-state index in [4.69, 9.17) is 0 Å². The fraction of sp³-hybridized carbons (Fsp3) is 0.600. The molecule has 0 radical (unpaired) electrons. The van der Waals surface area contributed by atoms with Crippen LogP contribution in [0, 0.1) is 0 Å². The second kappa shape index (κ2) is 11.9. The molecular formula is C20H32ClN5O2. The first-order valence-corrected chi connectivity index (χ1v) is 10.0. The Hall–Kier alpha value is -1.83. The number of rotatable bonds is 6. The highest BCUT2D eigenvalue weighted by Gasteiger charge is 2.24. The quantitative estimate of drug-likeness (QED) is 0.670. The van der Waals surface area contributed by atoms with E-state index in [2.05, 4.69) is 20.9 Å². The minimum Gasteiger partial charge on any atom is -0.340 e. The fourth-order valence-electron chi connectivity index (χ4n) is 3.80. The number of anilines is 1. The summed E-state index contributed by atoms with van der Waals surface area (Å²) in [5.74, 6) is 0.246. The van der Waals surface area contributed by atoms with Gasteiger partial charge in [-0.05, 0) is 31.5 Å². The molecular weight excluding hydrogens is 378 g/mol. The number of nitrogens with one attached hydrogen (secondary N) is 3. The molecule has 3 amide bonds. The Morgan fingerprint density at radius 3 is 2.57 bits per heavy atom. The van der Waals surface area contributed by atoms with E-state index in [1.807, 2.05) is 35.2 Å². The van der Waals surface area contributed by atoms with E-state index >= 15 is 0 Å².